The van der Waals surface area contributed by atoms with Crippen molar-refractivity contribution in [3.05, 3.63) is 0 Å². The molecule has 0 aromatic carbocycles. The first kappa shape index (κ1) is 28.8. The average Bonchev–Trinajstić information content (AvgIpc) is 2.53. The third-order valence-corrected chi connectivity index (χ3v) is 6.12. The van der Waals surface area contributed by atoms with Gasteiger partial charge in [-0.3, -0.25) is 10.1 Å². The summed E-state index contributed by atoms with van der Waals surface area (Å²) in [4.78, 5) is 52.6. The van der Waals surface area contributed by atoms with E-state index in [1.54, 1.807) is 0 Å². The van der Waals surface area contributed by atoms with Crippen molar-refractivity contribution < 1.29 is 42.6 Å². The second kappa shape index (κ2) is 13.7. The Hall–Kier alpha value is -0.400. The topological polar surface area (TPSA) is 221 Å². The van der Waals surface area contributed by atoms with E-state index in [1.165, 1.54) is 0 Å². The molecule has 1 saturated heterocycles. The van der Waals surface area contributed by atoms with E-state index in [0.717, 1.165) is 26.2 Å². The summed E-state index contributed by atoms with van der Waals surface area (Å²) in [6, 6.07) is -0.814. The van der Waals surface area contributed by atoms with Crippen molar-refractivity contribution in [2.24, 2.45) is 5.73 Å². The van der Waals surface area contributed by atoms with Crippen molar-refractivity contribution in [3.63, 3.8) is 0 Å². The van der Waals surface area contributed by atoms with Gasteiger partial charge in [0.1, 0.15) is 4.32 Å². The molecule has 1 aliphatic rings. The van der Waals surface area contributed by atoms with Gasteiger partial charge in [0, 0.05) is 26.2 Å². The lowest BCUT2D eigenvalue weighted by Gasteiger charge is -2.21. The summed E-state index contributed by atoms with van der Waals surface area (Å²) in [5.74, 6) is -0.375. The SMILES string of the molecule is C1CNCCN1.CCC(Br)(CC)C(=O)NC(N)=O.O=P(O)(O)OP(=O)(O)O. The molecule has 0 spiro atoms. The van der Waals surface area contributed by atoms with Crippen molar-refractivity contribution in [3.8, 4) is 0 Å². The number of halogens is 1. The van der Waals surface area contributed by atoms with Crippen LogP contribution in [0.5, 0.6) is 0 Å². The molecule has 0 aliphatic carbocycles. The summed E-state index contributed by atoms with van der Waals surface area (Å²) >= 11 is 3.26. The Morgan fingerprint density at radius 1 is 1.04 bits per heavy atom. The maximum Gasteiger partial charge on any atom is 0.478 e. The highest BCUT2D eigenvalue weighted by atomic mass is 79.9. The molecular formula is C11H27BrN4O9P2. The Labute approximate surface area is 165 Å². The number of nitrogens with two attached hydrogens (primary N) is 1. The van der Waals surface area contributed by atoms with Crippen LogP contribution in [0.25, 0.3) is 0 Å². The maximum atomic E-state index is 11.3. The third kappa shape index (κ3) is 18.7. The van der Waals surface area contributed by atoms with Crippen LogP contribution in [0, 0.1) is 0 Å². The van der Waals surface area contributed by atoms with E-state index in [9.17, 15) is 18.7 Å². The van der Waals surface area contributed by atoms with Gasteiger partial charge >= 0.3 is 21.7 Å². The number of hydrogen-bond donors (Lipinski definition) is 8. The number of hydrogen-bond acceptors (Lipinski definition) is 7. The molecule has 1 aliphatic heterocycles. The van der Waals surface area contributed by atoms with Crippen LogP contribution in [0.3, 0.4) is 0 Å². The van der Waals surface area contributed by atoms with Gasteiger partial charge in [-0.25, -0.2) is 13.9 Å². The summed E-state index contributed by atoms with van der Waals surface area (Å²) in [5.41, 5.74) is 4.81. The third-order valence-electron chi connectivity index (χ3n) is 2.93. The summed E-state index contributed by atoms with van der Waals surface area (Å²) in [7, 11) is -10.1. The van der Waals surface area contributed by atoms with Gasteiger partial charge in [0.05, 0.1) is 0 Å². The molecule has 1 fully saturated rings. The van der Waals surface area contributed by atoms with Crippen LogP contribution >= 0.6 is 31.6 Å². The Balaban J connectivity index is 0. The van der Waals surface area contributed by atoms with Crippen LogP contribution in [0.15, 0.2) is 0 Å². The van der Waals surface area contributed by atoms with Gasteiger partial charge in [0.25, 0.3) is 0 Å². The normalized spacial score (nSPS) is 14.8. The van der Waals surface area contributed by atoms with Crippen LogP contribution in [-0.2, 0) is 18.2 Å². The maximum absolute atomic E-state index is 11.3. The number of urea groups is 1. The first-order valence-electron chi connectivity index (χ1n) is 7.70. The first-order valence-corrected chi connectivity index (χ1v) is 11.6. The Morgan fingerprint density at radius 2 is 1.37 bits per heavy atom. The molecule has 3 amide bonds. The lowest BCUT2D eigenvalue weighted by Crippen LogP contribution is -2.46. The largest absolute Gasteiger partial charge is 0.478 e. The smallest absolute Gasteiger partial charge is 0.351 e. The van der Waals surface area contributed by atoms with Crippen molar-refractivity contribution in [1.29, 1.82) is 0 Å². The second-order valence-electron chi connectivity index (χ2n) is 5.05. The number of amides is 3. The first-order chi connectivity index (χ1) is 12.2. The highest BCUT2D eigenvalue weighted by molar-refractivity contribution is 9.10. The minimum atomic E-state index is -5.05. The highest BCUT2D eigenvalue weighted by Gasteiger charge is 2.32. The Bertz CT molecular complexity index is 514. The summed E-state index contributed by atoms with van der Waals surface area (Å²) in [6.45, 7) is 8.28. The van der Waals surface area contributed by atoms with E-state index < -0.39 is 26.0 Å². The van der Waals surface area contributed by atoms with E-state index in [1.807, 2.05) is 19.2 Å². The van der Waals surface area contributed by atoms with Gasteiger partial charge in [-0.15, -0.1) is 0 Å². The molecule has 0 aromatic rings. The predicted octanol–water partition coefficient (Wildman–Crippen LogP) is -0.497. The van der Waals surface area contributed by atoms with Gasteiger partial charge in [-0.05, 0) is 12.8 Å². The lowest BCUT2D eigenvalue weighted by molar-refractivity contribution is -0.122. The monoisotopic (exact) mass is 500 g/mol. The van der Waals surface area contributed by atoms with Gasteiger partial charge in [-0.2, -0.15) is 4.31 Å². The van der Waals surface area contributed by atoms with Crippen molar-refractivity contribution in [2.75, 3.05) is 26.2 Å². The number of phosphoric acid groups is 2. The van der Waals surface area contributed by atoms with E-state index in [2.05, 4.69) is 30.9 Å². The van der Waals surface area contributed by atoms with E-state index in [-0.39, 0.29) is 5.91 Å². The van der Waals surface area contributed by atoms with Crippen LogP contribution in [0.4, 0.5) is 4.79 Å². The number of nitrogens with one attached hydrogen (secondary N) is 3. The predicted molar refractivity (Wildman–Crippen MR) is 101 cm³/mol. The molecule has 162 valence electrons. The average molecular weight is 501 g/mol. The van der Waals surface area contributed by atoms with Gasteiger partial charge in [0.15, 0.2) is 0 Å². The van der Waals surface area contributed by atoms with E-state index >= 15 is 0 Å². The second-order valence-corrected chi connectivity index (χ2v) is 9.19. The summed E-state index contributed by atoms with van der Waals surface area (Å²) < 4.78 is 21.5. The quantitative estimate of drug-likeness (QED) is 0.177. The fraction of sp³-hybridized carbons (Fsp3) is 0.818. The number of primary amides is 1. The van der Waals surface area contributed by atoms with Gasteiger partial charge < -0.3 is 35.9 Å². The van der Waals surface area contributed by atoms with Crippen LogP contribution in [0.2, 0.25) is 0 Å². The number of carbonyl (C=O) groups is 2. The van der Waals surface area contributed by atoms with Crippen molar-refractivity contribution >= 4 is 43.5 Å². The minimum absolute atomic E-state index is 0.375. The molecular weight excluding hydrogens is 474 g/mol. The zero-order chi connectivity index (χ0) is 21.7. The summed E-state index contributed by atoms with van der Waals surface area (Å²) in [6.07, 6.45) is 1.23. The Morgan fingerprint density at radius 3 is 1.52 bits per heavy atom. The minimum Gasteiger partial charge on any atom is -0.351 e. The molecule has 27 heavy (non-hydrogen) atoms. The van der Waals surface area contributed by atoms with E-state index in [4.69, 9.17) is 25.3 Å². The Kier molecular flexibility index (Phi) is 14.6. The van der Waals surface area contributed by atoms with Crippen LogP contribution < -0.4 is 21.7 Å². The molecule has 0 bridgehead atoms. The van der Waals surface area contributed by atoms with Crippen LogP contribution in [-0.4, -0.2) is 62.0 Å². The molecule has 0 unspecified atom stereocenters. The molecule has 0 atom stereocenters. The number of piperazine rings is 1. The highest BCUT2D eigenvalue weighted by Crippen LogP contribution is 2.53. The molecule has 1 heterocycles. The number of rotatable bonds is 5. The lowest BCUT2D eigenvalue weighted by atomic mass is 10.0. The molecule has 0 aromatic heterocycles. The van der Waals surface area contributed by atoms with Crippen LogP contribution in [0.1, 0.15) is 26.7 Å². The van der Waals surface area contributed by atoms with Crippen molar-refractivity contribution in [1.82, 2.24) is 16.0 Å². The fourth-order valence-corrected chi connectivity index (χ4v) is 2.74. The zero-order valence-corrected chi connectivity index (χ0v) is 18.3. The molecule has 0 radical (unpaired) electrons. The standard InChI is InChI=1S/C7H13BrN2O2.C4H10N2.H4O7P2/c1-3-7(8,4-2)5(11)10-6(9)12;1-2-6-4-3-5-1;1-8(2,3)7-9(4,5)6/h3-4H2,1-2H3,(H3,9,10,11,12);5-6H,1-4H2;(H2,1,2,3)(H2,4,5,6). The fourth-order valence-electron chi connectivity index (χ4n) is 1.54. The van der Waals surface area contributed by atoms with Gasteiger partial charge in [0.2, 0.25) is 5.91 Å². The number of alkyl halides is 1. The molecule has 16 heteroatoms. The molecule has 1 rings (SSSR count). The molecule has 0 saturated carbocycles. The summed E-state index contributed by atoms with van der Waals surface area (Å²) in [5, 5.41) is 8.48. The molecule has 9 N–H and O–H groups in total. The number of carbonyl (C=O) groups excluding carboxylic acids is 2. The zero-order valence-electron chi connectivity index (χ0n) is 14.9. The van der Waals surface area contributed by atoms with Gasteiger partial charge in [-0.1, -0.05) is 29.8 Å². The van der Waals surface area contributed by atoms with Crippen molar-refractivity contribution in [2.45, 2.75) is 31.0 Å². The van der Waals surface area contributed by atoms with E-state index in [0.29, 0.717) is 12.8 Å². The molecule has 13 nitrogen and oxygen atoms in total. The number of imide groups is 1.